The molecule has 0 aliphatic rings. The van der Waals surface area contributed by atoms with Gasteiger partial charge >= 0.3 is 11.7 Å². The average molecular weight is 369 g/mol. The van der Waals surface area contributed by atoms with Crippen LogP contribution in [0.4, 0.5) is 11.4 Å². The van der Waals surface area contributed by atoms with Gasteiger partial charge in [-0.3, -0.25) is 14.9 Å². The van der Waals surface area contributed by atoms with Crippen molar-refractivity contribution < 1.29 is 24.0 Å². The first-order valence-corrected chi connectivity index (χ1v) is 7.78. The molecule has 0 heterocycles. The summed E-state index contributed by atoms with van der Waals surface area (Å²) in [6, 6.07) is 13.9. The summed E-state index contributed by atoms with van der Waals surface area (Å²) in [5.41, 5.74) is 0.275. The second-order valence-electron chi connectivity index (χ2n) is 5.29. The van der Waals surface area contributed by atoms with E-state index >= 15 is 0 Å². The number of amides is 1. The third-order valence-corrected chi connectivity index (χ3v) is 3.39. The summed E-state index contributed by atoms with van der Waals surface area (Å²) < 4.78 is 10.1. The van der Waals surface area contributed by atoms with Crippen molar-refractivity contribution in [3.05, 3.63) is 64.2 Å². The Bertz CT molecular complexity index is 906. The van der Waals surface area contributed by atoms with Crippen LogP contribution in [-0.2, 0) is 14.3 Å². The highest BCUT2D eigenvalue weighted by Gasteiger charge is 2.20. The molecule has 0 aromatic heterocycles. The summed E-state index contributed by atoms with van der Waals surface area (Å²) in [4.78, 5) is 34.2. The molecule has 1 atom stereocenters. The van der Waals surface area contributed by atoms with Gasteiger partial charge in [0, 0.05) is 6.07 Å². The first kappa shape index (κ1) is 19.4. The maximum absolute atomic E-state index is 12.1. The Kier molecular flexibility index (Phi) is 6.44. The normalized spacial score (nSPS) is 11.0. The van der Waals surface area contributed by atoms with Crippen LogP contribution in [0.1, 0.15) is 12.5 Å². The predicted molar refractivity (Wildman–Crippen MR) is 93.9 cm³/mol. The quantitative estimate of drug-likeness (QED) is 0.450. The highest BCUT2D eigenvalue weighted by molar-refractivity contribution is 5.96. The Labute approximate surface area is 154 Å². The van der Waals surface area contributed by atoms with Crippen LogP contribution in [0.5, 0.6) is 5.75 Å². The standard InChI is InChI=1S/C18H15N3O6/c1-12(18(23)20-14-7-3-2-6-13(14)10-19)27-17(22)11-26-16-9-5-4-8-15(16)21(24)25/h2-9,12H,11H2,1H3,(H,20,23)/t12-/m1/s1. The van der Waals surface area contributed by atoms with Gasteiger partial charge in [0.2, 0.25) is 0 Å². The first-order chi connectivity index (χ1) is 12.9. The van der Waals surface area contributed by atoms with Crippen molar-refractivity contribution in [2.45, 2.75) is 13.0 Å². The topological polar surface area (TPSA) is 132 Å². The van der Waals surface area contributed by atoms with Crippen LogP contribution >= 0.6 is 0 Å². The molecule has 2 aromatic rings. The zero-order valence-electron chi connectivity index (χ0n) is 14.2. The van der Waals surface area contributed by atoms with Gasteiger partial charge in [0.15, 0.2) is 18.5 Å². The number of rotatable bonds is 7. The number of hydrogen-bond donors (Lipinski definition) is 1. The molecule has 27 heavy (non-hydrogen) atoms. The van der Waals surface area contributed by atoms with Gasteiger partial charge < -0.3 is 14.8 Å². The summed E-state index contributed by atoms with van der Waals surface area (Å²) in [7, 11) is 0. The van der Waals surface area contributed by atoms with Crippen molar-refractivity contribution in [3.8, 4) is 11.8 Å². The van der Waals surface area contributed by atoms with E-state index in [0.717, 1.165) is 0 Å². The first-order valence-electron chi connectivity index (χ1n) is 7.78. The van der Waals surface area contributed by atoms with Crippen molar-refractivity contribution in [2.75, 3.05) is 11.9 Å². The minimum absolute atomic E-state index is 0.0838. The minimum Gasteiger partial charge on any atom is -0.475 e. The number of benzene rings is 2. The van der Waals surface area contributed by atoms with Gasteiger partial charge in [0.05, 0.1) is 16.2 Å². The number of nitriles is 1. The van der Waals surface area contributed by atoms with Crippen LogP contribution < -0.4 is 10.1 Å². The van der Waals surface area contributed by atoms with Crippen LogP contribution in [-0.4, -0.2) is 29.5 Å². The Morgan fingerprint density at radius 1 is 1.22 bits per heavy atom. The van der Waals surface area contributed by atoms with Gasteiger partial charge in [0.25, 0.3) is 5.91 Å². The van der Waals surface area contributed by atoms with E-state index in [1.165, 1.54) is 37.3 Å². The Morgan fingerprint density at radius 3 is 2.59 bits per heavy atom. The maximum atomic E-state index is 12.1. The minimum atomic E-state index is -1.15. The average Bonchev–Trinajstić information content (AvgIpc) is 2.66. The number of carbonyl (C=O) groups excluding carboxylic acids is 2. The Balaban J connectivity index is 1.91. The summed E-state index contributed by atoms with van der Waals surface area (Å²) in [6.45, 7) is 0.754. The lowest BCUT2D eigenvalue weighted by atomic mass is 10.2. The summed E-state index contributed by atoms with van der Waals surface area (Å²) in [6.07, 6.45) is -1.15. The molecule has 0 aliphatic heterocycles. The van der Waals surface area contributed by atoms with E-state index in [1.54, 1.807) is 18.2 Å². The summed E-state index contributed by atoms with van der Waals surface area (Å²) in [5.74, 6) is -1.58. The molecule has 1 amide bonds. The molecule has 138 valence electrons. The van der Waals surface area contributed by atoms with E-state index in [-0.39, 0.29) is 17.0 Å². The van der Waals surface area contributed by atoms with Crippen LogP contribution in [0.2, 0.25) is 0 Å². The number of carbonyl (C=O) groups is 2. The van der Waals surface area contributed by atoms with Gasteiger partial charge in [-0.2, -0.15) is 5.26 Å². The number of anilines is 1. The van der Waals surface area contributed by atoms with E-state index in [1.807, 2.05) is 6.07 Å². The molecule has 0 saturated heterocycles. The molecule has 0 radical (unpaired) electrons. The number of nitrogens with zero attached hydrogens (tertiary/aromatic N) is 2. The molecule has 0 fully saturated rings. The van der Waals surface area contributed by atoms with Crippen molar-refractivity contribution >= 4 is 23.3 Å². The third-order valence-electron chi connectivity index (χ3n) is 3.39. The maximum Gasteiger partial charge on any atom is 0.344 e. The number of para-hydroxylation sites is 3. The molecule has 2 aromatic carbocycles. The highest BCUT2D eigenvalue weighted by Crippen LogP contribution is 2.25. The third kappa shape index (κ3) is 5.27. The van der Waals surface area contributed by atoms with E-state index in [9.17, 15) is 19.7 Å². The van der Waals surface area contributed by atoms with Gasteiger partial charge in [-0.1, -0.05) is 24.3 Å². The van der Waals surface area contributed by atoms with Crippen molar-refractivity contribution in [3.63, 3.8) is 0 Å². The number of hydrogen-bond acceptors (Lipinski definition) is 7. The number of esters is 1. The van der Waals surface area contributed by atoms with E-state index in [2.05, 4.69) is 5.32 Å². The van der Waals surface area contributed by atoms with E-state index in [0.29, 0.717) is 5.69 Å². The summed E-state index contributed by atoms with van der Waals surface area (Å²) >= 11 is 0. The number of nitro groups is 1. The fraction of sp³-hybridized carbons (Fsp3) is 0.167. The Hall–Kier alpha value is -3.93. The molecule has 9 heteroatoms. The molecule has 0 saturated carbocycles. The molecule has 0 aliphatic carbocycles. The lowest BCUT2D eigenvalue weighted by molar-refractivity contribution is -0.385. The van der Waals surface area contributed by atoms with Gasteiger partial charge in [0.1, 0.15) is 6.07 Å². The molecule has 0 unspecified atom stereocenters. The number of nitro benzene ring substituents is 1. The van der Waals surface area contributed by atoms with E-state index < -0.39 is 29.5 Å². The number of ether oxygens (including phenoxy) is 2. The Morgan fingerprint density at radius 2 is 1.89 bits per heavy atom. The smallest absolute Gasteiger partial charge is 0.344 e. The zero-order chi connectivity index (χ0) is 19.8. The molecular formula is C18H15N3O6. The lowest BCUT2D eigenvalue weighted by Crippen LogP contribution is -2.31. The van der Waals surface area contributed by atoms with Gasteiger partial charge in [-0.15, -0.1) is 0 Å². The van der Waals surface area contributed by atoms with Crippen molar-refractivity contribution in [1.29, 1.82) is 5.26 Å². The largest absolute Gasteiger partial charge is 0.475 e. The highest BCUT2D eigenvalue weighted by atomic mass is 16.6. The van der Waals surface area contributed by atoms with Crippen molar-refractivity contribution in [2.24, 2.45) is 0 Å². The lowest BCUT2D eigenvalue weighted by Gasteiger charge is -2.14. The zero-order valence-corrected chi connectivity index (χ0v) is 14.2. The number of nitrogens with one attached hydrogen (secondary N) is 1. The monoisotopic (exact) mass is 369 g/mol. The van der Waals surface area contributed by atoms with Crippen molar-refractivity contribution in [1.82, 2.24) is 0 Å². The van der Waals surface area contributed by atoms with Crippen LogP contribution in [0.25, 0.3) is 0 Å². The van der Waals surface area contributed by atoms with Crippen LogP contribution in [0.15, 0.2) is 48.5 Å². The molecule has 2 rings (SSSR count). The molecule has 0 spiro atoms. The second kappa shape index (κ2) is 8.96. The summed E-state index contributed by atoms with van der Waals surface area (Å²) in [5, 5.41) is 22.4. The van der Waals surface area contributed by atoms with Crippen LogP contribution in [0.3, 0.4) is 0 Å². The van der Waals surface area contributed by atoms with E-state index in [4.69, 9.17) is 14.7 Å². The van der Waals surface area contributed by atoms with Crippen LogP contribution in [0, 0.1) is 21.4 Å². The molecular weight excluding hydrogens is 354 g/mol. The van der Waals surface area contributed by atoms with Gasteiger partial charge in [-0.05, 0) is 25.1 Å². The molecule has 1 N–H and O–H groups in total. The predicted octanol–water partition coefficient (Wildman–Crippen LogP) is 2.42. The second-order valence-corrected chi connectivity index (χ2v) is 5.29. The van der Waals surface area contributed by atoms with Gasteiger partial charge in [-0.25, -0.2) is 4.79 Å². The SMILES string of the molecule is C[C@@H](OC(=O)COc1ccccc1[N+](=O)[O-])C(=O)Nc1ccccc1C#N. The fourth-order valence-electron chi connectivity index (χ4n) is 2.08. The molecule has 0 bridgehead atoms. The molecule has 9 nitrogen and oxygen atoms in total. The fourth-order valence-corrected chi connectivity index (χ4v) is 2.08.